The van der Waals surface area contributed by atoms with E-state index in [1.807, 2.05) is 6.92 Å². The number of nitrogens with zero attached hydrogens (tertiary/aromatic N) is 2. The molecule has 2 nitrogen and oxygen atoms in total. The van der Waals surface area contributed by atoms with Gasteiger partial charge in [0.2, 0.25) is 0 Å². The van der Waals surface area contributed by atoms with Gasteiger partial charge in [-0.05, 0) is 103 Å². The van der Waals surface area contributed by atoms with Crippen LogP contribution in [0.5, 0.6) is 0 Å². The second-order valence-corrected chi connectivity index (χ2v) is 9.98. The third-order valence-electron chi connectivity index (χ3n) is 6.84. The second-order valence-electron chi connectivity index (χ2n) is 9.98. The summed E-state index contributed by atoms with van der Waals surface area (Å²) in [5.74, 6) is 0. The van der Waals surface area contributed by atoms with E-state index in [1.54, 1.807) is 0 Å². The Bertz CT molecular complexity index is 1160. The van der Waals surface area contributed by atoms with Crippen molar-refractivity contribution in [1.29, 1.82) is 0 Å². The van der Waals surface area contributed by atoms with E-state index in [-0.39, 0.29) is 0 Å². The zero-order valence-corrected chi connectivity index (χ0v) is 23.1. The van der Waals surface area contributed by atoms with Crippen LogP contribution in [0.25, 0.3) is 17.2 Å². The highest BCUT2D eigenvalue weighted by Crippen LogP contribution is 2.28. The maximum Gasteiger partial charge on any atom is 0.0865 e. The van der Waals surface area contributed by atoms with E-state index in [9.17, 15) is 0 Å². The second kappa shape index (κ2) is 14.5. The average Bonchev–Trinajstić information content (AvgIpc) is 2.89. The van der Waals surface area contributed by atoms with Gasteiger partial charge in [0.25, 0.3) is 0 Å². The predicted octanol–water partition coefficient (Wildman–Crippen LogP) is 10.8. The number of hydrogen-bond donors (Lipinski definition) is 0. The largest absolute Gasteiger partial charge is 0.155 e. The van der Waals surface area contributed by atoms with Gasteiger partial charge in [-0.15, -0.1) is 0 Å². The van der Waals surface area contributed by atoms with Crippen molar-refractivity contribution in [2.45, 2.75) is 92.4 Å². The summed E-state index contributed by atoms with van der Waals surface area (Å²) in [5.41, 5.74) is 11.2. The van der Waals surface area contributed by atoms with Crippen molar-refractivity contribution in [3.05, 3.63) is 94.2 Å². The Morgan fingerprint density at radius 2 is 1.56 bits per heavy atom. The Morgan fingerprint density at radius 3 is 2.28 bits per heavy atom. The predicted molar refractivity (Wildman–Crippen MR) is 157 cm³/mol. The summed E-state index contributed by atoms with van der Waals surface area (Å²) in [6.45, 7) is 11.1. The summed E-state index contributed by atoms with van der Waals surface area (Å²) in [6, 6.07) is 21.9. The summed E-state index contributed by atoms with van der Waals surface area (Å²) in [4.78, 5) is 0. The molecule has 3 aromatic rings. The molecular formula is C34H44N2. The van der Waals surface area contributed by atoms with E-state index < -0.39 is 0 Å². The van der Waals surface area contributed by atoms with Crippen LogP contribution >= 0.6 is 0 Å². The Balaban J connectivity index is 1.84. The van der Waals surface area contributed by atoms with Crippen LogP contribution in [0.15, 0.2) is 76.6 Å². The van der Waals surface area contributed by atoms with Gasteiger partial charge in [0.15, 0.2) is 0 Å². The molecule has 0 aliphatic carbocycles. The Morgan fingerprint density at radius 1 is 0.778 bits per heavy atom. The van der Waals surface area contributed by atoms with Gasteiger partial charge in [0, 0.05) is 0 Å². The van der Waals surface area contributed by atoms with Gasteiger partial charge in [-0.1, -0.05) is 95.0 Å². The smallest absolute Gasteiger partial charge is 0.0865 e. The van der Waals surface area contributed by atoms with Gasteiger partial charge in [-0.2, -0.15) is 10.2 Å². The molecule has 0 unspecified atom stereocenters. The number of hydrogen-bond acceptors (Lipinski definition) is 2. The monoisotopic (exact) mass is 480 g/mol. The number of azo groups is 1. The van der Waals surface area contributed by atoms with E-state index in [2.05, 4.69) is 105 Å². The van der Waals surface area contributed by atoms with Gasteiger partial charge in [0.1, 0.15) is 0 Å². The number of benzene rings is 3. The van der Waals surface area contributed by atoms with Crippen LogP contribution in [0.2, 0.25) is 0 Å². The lowest BCUT2D eigenvalue weighted by Crippen LogP contribution is -1.98. The highest BCUT2D eigenvalue weighted by Gasteiger charge is 2.07. The molecule has 0 aromatic heterocycles. The normalized spacial score (nSPS) is 12.0. The fourth-order valence-corrected chi connectivity index (χ4v) is 4.94. The third-order valence-corrected chi connectivity index (χ3v) is 6.84. The van der Waals surface area contributed by atoms with Crippen LogP contribution in [0, 0.1) is 6.92 Å². The Hall–Kier alpha value is -3.00. The molecule has 0 atom stereocenters. The quantitative estimate of drug-likeness (QED) is 0.172. The lowest BCUT2D eigenvalue weighted by atomic mass is 9.93. The number of aryl methyl sites for hydroxylation is 3. The highest BCUT2D eigenvalue weighted by molar-refractivity contribution is 5.68. The first kappa shape index (κ1) is 27.6. The molecule has 0 N–H and O–H groups in total. The fraction of sp³-hybridized carbons (Fsp3) is 0.412. The van der Waals surface area contributed by atoms with Gasteiger partial charge in [-0.3, -0.25) is 0 Å². The molecular weight excluding hydrogens is 436 g/mol. The highest BCUT2D eigenvalue weighted by atomic mass is 15.1. The van der Waals surface area contributed by atoms with Gasteiger partial charge < -0.3 is 0 Å². The lowest BCUT2D eigenvalue weighted by molar-refractivity contribution is 0.664. The summed E-state index contributed by atoms with van der Waals surface area (Å²) in [6.07, 6.45) is 13.1. The minimum atomic E-state index is 0.921. The van der Waals surface area contributed by atoms with Crippen molar-refractivity contribution in [1.82, 2.24) is 0 Å². The minimum absolute atomic E-state index is 0.921. The first-order chi connectivity index (χ1) is 17.5. The van der Waals surface area contributed by atoms with E-state index in [0.29, 0.717) is 0 Å². The fourth-order valence-electron chi connectivity index (χ4n) is 4.94. The molecule has 0 saturated heterocycles. The molecule has 0 bridgehead atoms. The van der Waals surface area contributed by atoms with Crippen LogP contribution in [0.1, 0.15) is 94.0 Å². The van der Waals surface area contributed by atoms with Crippen molar-refractivity contribution in [2.24, 2.45) is 10.2 Å². The summed E-state index contributed by atoms with van der Waals surface area (Å²) in [5, 5.41) is 9.28. The van der Waals surface area contributed by atoms with Crippen molar-refractivity contribution in [3.8, 4) is 11.1 Å². The number of unbranched alkanes of at least 4 members (excludes halogenated alkanes) is 4. The van der Waals surface area contributed by atoms with Crippen LogP contribution in [0.3, 0.4) is 0 Å². The average molecular weight is 481 g/mol. The lowest BCUT2D eigenvalue weighted by Gasteiger charge is -2.13. The molecule has 36 heavy (non-hydrogen) atoms. The molecule has 3 aromatic carbocycles. The van der Waals surface area contributed by atoms with E-state index in [4.69, 9.17) is 0 Å². The zero-order valence-electron chi connectivity index (χ0n) is 23.1. The molecule has 0 radical (unpaired) electrons. The molecule has 0 aliphatic heterocycles. The maximum atomic E-state index is 4.66. The van der Waals surface area contributed by atoms with Gasteiger partial charge in [0.05, 0.1) is 11.4 Å². The maximum absolute atomic E-state index is 4.66. The number of allylic oxidation sites excluding steroid dienone is 1. The summed E-state index contributed by atoms with van der Waals surface area (Å²) < 4.78 is 0. The van der Waals surface area contributed by atoms with Crippen molar-refractivity contribution >= 4 is 11.8 Å². The van der Waals surface area contributed by atoms with Crippen molar-refractivity contribution in [2.75, 3.05) is 0 Å². The van der Waals surface area contributed by atoms with Crippen LogP contribution < -0.4 is 0 Å². The van der Waals surface area contributed by atoms with Crippen molar-refractivity contribution in [3.63, 3.8) is 0 Å². The van der Waals surface area contributed by atoms with Crippen molar-refractivity contribution < 1.29 is 0 Å². The molecule has 0 fully saturated rings. The Kier molecular flexibility index (Phi) is 11.1. The molecule has 3 rings (SSSR count). The zero-order chi connectivity index (χ0) is 25.8. The third kappa shape index (κ3) is 8.29. The van der Waals surface area contributed by atoms with Crippen LogP contribution in [-0.2, 0) is 19.3 Å². The van der Waals surface area contributed by atoms with E-state index >= 15 is 0 Å². The molecule has 0 heterocycles. The summed E-state index contributed by atoms with van der Waals surface area (Å²) >= 11 is 0. The first-order valence-corrected chi connectivity index (χ1v) is 14.0. The van der Waals surface area contributed by atoms with Gasteiger partial charge in [-0.25, -0.2) is 0 Å². The number of rotatable bonds is 13. The molecule has 0 saturated carbocycles. The van der Waals surface area contributed by atoms with E-state index in [0.717, 1.165) is 24.2 Å². The van der Waals surface area contributed by atoms with Crippen LogP contribution in [0.4, 0.5) is 5.69 Å². The minimum Gasteiger partial charge on any atom is -0.155 e. The van der Waals surface area contributed by atoms with Crippen LogP contribution in [-0.4, -0.2) is 0 Å². The molecule has 0 amide bonds. The molecule has 2 heteroatoms. The standard InChI is InChI=1S/C34H44N2/c1-6-9-11-13-19-31-23-29(20-26(4)34(31)8-3)21-27(5)35-36-33-24-28(16-10-7-2)22-32(25-33)30-17-14-12-15-18-30/h12,14-15,17-18,20-25H,6-11,13,16,19H2,1-5H3. The van der Waals surface area contributed by atoms with E-state index in [1.165, 1.54) is 83.9 Å². The molecule has 0 aliphatic rings. The summed E-state index contributed by atoms with van der Waals surface area (Å²) in [7, 11) is 0. The molecule has 0 spiro atoms. The first-order valence-electron chi connectivity index (χ1n) is 14.0. The van der Waals surface area contributed by atoms with Gasteiger partial charge >= 0.3 is 0 Å². The Labute approximate surface area is 219 Å². The SMILES string of the molecule is CCCCCCc1cc(C=C(C)N=Nc2cc(CCCC)cc(-c3ccccc3)c2)cc(C)c1CC. The molecule has 190 valence electrons. The topological polar surface area (TPSA) is 24.7 Å².